The van der Waals surface area contributed by atoms with Crippen LogP contribution in [0.2, 0.25) is 0 Å². The van der Waals surface area contributed by atoms with E-state index in [1.54, 1.807) is 11.6 Å². The summed E-state index contributed by atoms with van der Waals surface area (Å²) in [6.07, 6.45) is 0. The Kier molecular flexibility index (Phi) is 3.46. The van der Waals surface area contributed by atoms with Crippen molar-refractivity contribution in [1.82, 2.24) is 9.78 Å². The number of rotatable bonds is 3. The molecule has 0 N–H and O–H groups in total. The molecular weight excluding hydrogens is 228 g/mol. The Morgan fingerprint density at radius 1 is 1.33 bits per heavy atom. The SMILES string of the molecule is CCOC(=O)c1nn(C)c(-c2ccccc2)c1C. The average molecular weight is 244 g/mol. The molecule has 1 aromatic carbocycles. The van der Waals surface area contributed by atoms with Crippen LogP contribution >= 0.6 is 0 Å². The van der Waals surface area contributed by atoms with E-state index < -0.39 is 0 Å². The molecule has 2 aromatic rings. The molecule has 0 aliphatic carbocycles. The van der Waals surface area contributed by atoms with Gasteiger partial charge in [-0.15, -0.1) is 0 Å². The average Bonchev–Trinajstić information content (AvgIpc) is 2.66. The number of carbonyl (C=O) groups is 1. The zero-order valence-corrected chi connectivity index (χ0v) is 10.8. The highest BCUT2D eigenvalue weighted by molar-refractivity contribution is 5.91. The van der Waals surface area contributed by atoms with Crippen LogP contribution in [-0.2, 0) is 11.8 Å². The second kappa shape index (κ2) is 5.04. The molecule has 2 rings (SSSR count). The van der Waals surface area contributed by atoms with E-state index in [0.29, 0.717) is 12.3 Å². The predicted molar refractivity (Wildman–Crippen MR) is 69.3 cm³/mol. The van der Waals surface area contributed by atoms with Gasteiger partial charge in [-0.1, -0.05) is 30.3 Å². The Morgan fingerprint density at radius 3 is 2.61 bits per heavy atom. The maximum Gasteiger partial charge on any atom is 0.359 e. The molecule has 4 nitrogen and oxygen atoms in total. The van der Waals surface area contributed by atoms with Crippen LogP contribution in [0.4, 0.5) is 0 Å². The van der Waals surface area contributed by atoms with Crippen LogP contribution in [0.3, 0.4) is 0 Å². The zero-order chi connectivity index (χ0) is 13.1. The van der Waals surface area contributed by atoms with Gasteiger partial charge in [-0.2, -0.15) is 5.10 Å². The lowest BCUT2D eigenvalue weighted by Gasteiger charge is -2.03. The minimum Gasteiger partial charge on any atom is -0.461 e. The van der Waals surface area contributed by atoms with Crippen molar-refractivity contribution in [2.24, 2.45) is 7.05 Å². The van der Waals surface area contributed by atoms with Gasteiger partial charge < -0.3 is 4.74 Å². The molecule has 0 unspecified atom stereocenters. The first-order valence-electron chi connectivity index (χ1n) is 5.91. The summed E-state index contributed by atoms with van der Waals surface area (Å²) in [5, 5.41) is 4.25. The second-order valence-corrected chi connectivity index (χ2v) is 4.03. The topological polar surface area (TPSA) is 44.1 Å². The molecule has 0 aliphatic heterocycles. The lowest BCUT2D eigenvalue weighted by molar-refractivity contribution is 0.0518. The quantitative estimate of drug-likeness (QED) is 0.779. The van der Waals surface area contributed by atoms with E-state index in [1.165, 1.54) is 0 Å². The van der Waals surface area contributed by atoms with Gasteiger partial charge in [0.25, 0.3) is 0 Å². The van der Waals surface area contributed by atoms with Crippen molar-refractivity contribution < 1.29 is 9.53 Å². The molecule has 0 spiro atoms. The normalized spacial score (nSPS) is 10.4. The van der Waals surface area contributed by atoms with Gasteiger partial charge in [0.05, 0.1) is 12.3 Å². The smallest absolute Gasteiger partial charge is 0.359 e. The maximum atomic E-state index is 11.8. The molecule has 0 amide bonds. The Hall–Kier alpha value is -2.10. The number of ether oxygens (including phenoxy) is 1. The molecule has 0 saturated carbocycles. The summed E-state index contributed by atoms with van der Waals surface area (Å²) in [6.45, 7) is 4.03. The van der Waals surface area contributed by atoms with Crippen LogP contribution in [0.5, 0.6) is 0 Å². The number of nitrogens with zero attached hydrogens (tertiary/aromatic N) is 2. The molecule has 94 valence electrons. The standard InChI is InChI=1S/C14H16N2O2/c1-4-18-14(17)12-10(2)13(16(3)15-12)11-8-6-5-7-9-11/h5-9H,4H2,1-3H3. The van der Waals surface area contributed by atoms with Crippen molar-refractivity contribution in [1.29, 1.82) is 0 Å². The van der Waals surface area contributed by atoms with Crippen molar-refractivity contribution in [2.75, 3.05) is 6.61 Å². The van der Waals surface area contributed by atoms with E-state index in [9.17, 15) is 4.79 Å². The lowest BCUT2D eigenvalue weighted by Crippen LogP contribution is -2.07. The van der Waals surface area contributed by atoms with Gasteiger partial charge in [0.2, 0.25) is 0 Å². The summed E-state index contributed by atoms with van der Waals surface area (Å²) in [6, 6.07) is 9.89. The maximum absolute atomic E-state index is 11.8. The Bertz CT molecular complexity index is 559. The van der Waals surface area contributed by atoms with Gasteiger partial charge in [-0.3, -0.25) is 4.68 Å². The third-order valence-electron chi connectivity index (χ3n) is 2.80. The van der Waals surface area contributed by atoms with Gasteiger partial charge in [0, 0.05) is 18.2 Å². The van der Waals surface area contributed by atoms with Crippen molar-refractivity contribution in [3.63, 3.8) is 0 Å². The van der Waals surface area contributed by atoms with Gasteiger partial charge >= 0.3 is 5.97 Å². The fraction of sp³-hybridized carbons (Fsp3) is 0.286. The highest BCUT2D eigenvalue weighted by Crippen LogP contribution is 2.25. The predicted octanol–water partition coefficient (Wildman–Crippen LogP) is 2.57. The minimum atomic E-state index is -0.368. The second-order valence-electron chi connectivity index (χ2n) is 4.03. The first-order chi connectivity index (χ1) is 8.65. The molecule has 1 heterocycles. The summed E-state index contributed by atoms with van der Waals surface area (Å²) in [7, 11) is 1.83. The Morgan fingerprint density at radius 2 is 2.00 bits per heavy atom. The number of aromatic nitrogens is 2. The highest BCUT2D eigenvalue weighted by Gasteiger charge is 2.20. The molecule has 0 atom stereocenters. The summed E-state index contributed by atoms with van der Waals surface area (Å²) >= 11 is 0. The fourth-order valence-electron chi connectivity index (χ4n) is 2.02. The summed E-state index contributed by atoms with van der Waals surface area (Å²) < 4.78 is 6.72. The third-order valence-corrected chi connectivity index (χ3v) is 2.80. The van der Waals surface area contributed by atoms with E-state index in [1.807, 2.05) is 44.3 Å². The van der Waals surface area contributed by atoms with Crippen LogP contribution in [-0.4, -0.2) is 22.4 Å². The van der Waals surface area contributed by atoms with E-state index in [2.05, 4.69) is 5.10 Å². The molecule has 4 heteroatoms. The third kappa shape index (κ3) is 2.14. The number of aryl methyl sites for hydroxylation is 1. The van der Waals surface area contributed by atoms with E-state index >= 15 is 0 Å². The van der Waals surface area contributed by atoms with Crippen molar-refractivity contribution in [2.45, 2.75) is 13.8 Å². The minimum absolute atomic E-state index is 0.357. The zero-order valence-electron chi connectivity index (χ0n) is 10.8. The van der Waals surface area contributed by atoms with Crippen LogP contribution < -0.4 is 0 Å². The van der Waals surface area contributed by atoms with Gasteiger partial charge in [-0.25, -0.2) is 4.79 Å². The number of hydrogen-bond acceptors (Lipinski definition) is 3. The molecule has 0 aliphatic rings. The van der Waals surface area contributed by atoms with E-state index in [4.69, 9.17) is 4.74 Å². The lowest BCUT2D eigenvalue weighted by atomic mass is 10.1. The van der Waals surface area contributed by atoms with Crippen molar-refractivity contribution in [3.05, 3.63) is 41.6 Å². The summed E-state index contributed by atoms with van der Waals surface area (Å²) in [5.41, 5.74) is 3.22. The number of hydrogen-bond donors (Lipinski definition) is 0. The molecular formula is C14H16N2O2. The largest absolute Gasteiger partial charge is 0.461 e. The van der Waals surface area contributed by atoms with Crippen LogP contribution in [0.15, 0.2) is 30.3 Å². The Labute approximate surface area is 106 Å². The highest BCUT2D eigenvalue weighted by atomic mass is 16.5. The van der Waals surface area contributed by atoms with Crippen molar-refractivity contribution >= 4 is 5.97 Å². The van der Waals surface area contributed by atoms with Crippen LogP contribution in [0.25, 0.3) is 11.3 Å². The first kappa shape index (κ1) is 12.4. The van der Waals surface area contributed by atoms with Gasteiger partial charge in [-0.05, 0) is 13.8 Å². The first-order valence-corrected chi connectivity index (χ1v) is 5.91. The van der Waals surface area contributed by atoms with Crippen LogP contribution in [0, 0.1) is 6.92 Å². The molecule has 0 saturated heterocycles. The number of esters is 1. The Balaban J connectivity index is 2.48. The van der Waals surface area contributed by atoms with E-state index in [-0.39, 0.29) is 5.97 Å². The van der Waals surface area contributed by atoms with Gasteiger partial charge in [0.1, 0.15) is 0 Å². The fourth-order valence-corrected chi connectivity index (χ4v) is 2.02. The van der Waals surface area contributed by atoms with Gasteiger partial charge in [0.15, 0.2) is 5.69 Å². The molecule has 18 heavy (non-hydrogen) atoms. The number of carbonyl (C=O) groups excluding carboxylic acids is 1. The monoisotopic (exact) mass is 244 g/mol. The summed E-state index contributed by atoms with van der Waals surface area (Å²) in [4.78, 5) is 11.8. The molecule has 0 bridgehead atoms. The summed E-state index contributed by atoms with van der Waals surface area (Å²) in [5.74, 6) is -0.368. The molecule has 1 aromatic heterocycles. The molecule has 0 fully saturated rings. The van der Waals surface area contributed by atoms with E-state index in [0.717, 1.165) is 16.8 Å². The van der Waals surface area contributed by atoms with Crippen LogP contribution in [0.1, 0.15) is 23.0 Å². The molecule has 0 radical (unpaired) electrons. The number of benzene rings is 1. The van der Waals surface area contributed by atoms with Crippen molar-refractivity contribution in [3.8, 4) is 11.3 Å².